The molecule has 2 aliphatic rings. The van der Waals surface area contributed by atoms with Gasteiger partial charge in [-0.1, -0.05) is 147 Å². The van der Waals surface area contributed by atoms with Crippen molar-refractivity contribution in [3.63, 3.8) is 0 Å². The van der Waals surface area contributed by atoms with Crippen molar-refractivity contribution in [2.24, 2.45) is 0 Å². The van der Waals surface area contributed by atoms with Crippen LogP contribution in [0.15, 0.2) is 176 Å². The van der Waals surface area contributed by atoms with Crippen LogP contribution in [0.2, 0.25) is 0 Å². The van der Waals surface area contributed by atoms with E-state index in [1.807, 2.05) is 0 Å². The zero-order chi connectivity index (χ0) is 31.6. The quantitative estimate of drug-likeness (QED) is 0.194. The first kappa shape index (κ1) is 27.6. The number of nitrogens with zero attached hydrogens (tertiary/aromatic N) is 1. The summed E-state index contributed by atoms with van der Waals surface area (Å²) in [5.74, 6) is 0. The number of anilines is 3. The molecule has 0 saturated carbocycles. The van der Waals surface area contributed by atoms with E-state index in [1.165, 1.54) is 55.6 Å². The Balaban J connectivity index is 1.24. The molecular weight excluding hydrogens is 567 g/mol. The second-order valence-electron chi connectivity index (χ2n) is 13.3. The summed E-state index contributed by atoms with van der Waals surface area (Å²) in [7, 11) is 0. The lowest BCUT2D eigenvalue weighted by molar-refractivity contribution is 0.563. The smallest absolute Gasteiger partial charge is 0.0719 e. The van der Waals surface area contributed by atoms with Crippen molar-refractivity contribution in [2.75, 3.05) is 4.90 Å². The molecule has 47 heavy (non-hydrogen) atoms. The lowest BCUT2D eigenvalue weighted by atomic mass is 9.55. The molecule has 0 amide bonds. The van der Waals surface area contributed by atoms with Gasteiger partial charge in [-0.05, 0) is 98.1 Å². The Hall–Kier alpha value is -5.66. The molecule has 2 aliphatic carbocycles. The van der Waals surface area contributed by atoms with E-state index in [0.29, 0.717) is 0 Å². The molecule has 0 heterocycles. The van der Waals surface area contributed by atoms with Gasteiger partial charge in [0.25, 0.3) is 0 Å². The van der Waals surface area contributed by atoms with Crippen molar-refractivity contribution in [1.29, 1.82) is 0 Å². The third-order valence-corrected chi connectivity index (χ3v) is 10.5. The Bertz CT molecular complexity index is 2180. The summed E-state index contributed by atoms with van der Waals surface area (Å²) < 4.78 is 0. The highest BCUT2D eigenvalue weighted by Crippen LogP contribution is 2.62. The van der Waals surface area contributed by atoms with Crippen LogP contribution in [-0.2, 0) is 10.8 Å². The highest BCUT2D eigenvalue weighted by atomic mass is 15.1. The van der Waals surface area contributed by atoms with Crippen LogP contribution in [0, 0.1) is 0 Å². The Morgan fingerprint density at radius 3 is 1.34 bits per heavy atom. The number of rotatable bonds is 4. The second-order valence-corrected chi connectivity index (χ2v) is 13.3. The van der Waals surface area contributed by atoms with Crippen LogP contribution in [0.1, 0.15) is 47.2 Å². The predicted octanol–water partition coefficient (Wildman–Crippen LogP) is 11.8. The van der Waals surface area contributed by atoms with Crippen LogP contribution >= 0.6 is 0 Å². The molecule has 1 spiro atoms. The van der Waals surface area contributed by atoms with Gasteiger partial charge >= 0.3 is 0 Å². The number of para-hydroxylation sites is 2. The largest absolute Gasteiger partial charge is 0.311 e. The summed E-state index contributed by atoms with van der Waals surface area (Å²) in [4.78, 5) is 2.32. The first-order valence-corrected chi connectivity index (χ1v) is 16.5. The van der Waals surface area contributed by atoms with Crippen molar-refractivity contribution < 1.29 is 0 Å². The Kier molecular flexibility index (Phi) is 6.14. The van der Waals surface area contributed by atoms with Crippen LogP contribution in [0.3, 0.4) is 0 Å². The van der Waals surface area contributed by atoms with Crippen molar-refractivity contribution in [1.82, 2.24) is 0 Å². The Labute approximate surface area is 277 Å². The summed E-state index contributed by atoms with van der Waals surface area (Å²) in [5.41, 5.74) is 16.3. The molecule has 0 bridgehead atoms. The minimum Gasteiger partial charge on any atom is -0.311 e. The maximum absolute atomic E-state index is 2.49. The summed E-state index contributed by atoms with van der Waals surface area (Å²) in [6.45, 7) is 4.78. The Morgan fingerprint density at radius 2 is 0.766 bits per heavy atom. The van der Waals surface area contributed by atoms with E-state index in [1.54, 1.807) is 0 Å². The normalized spacial score (nSPS) is 14.5. The van der Waals surface area contributed by atoms with E-state index in [0.717, 1.165) is 17.1 Å². The fraction of sp³-hybridized carbons (Fsp3) is 0.0870. The van der Waals surface area contributed by atoms with Gasteiger partial charge in [0.2, 0.25) is 0 Å². The minimum absolute atomic E-state index is 0.141. The van der Waals surface area contributed by atoms with E-state index >= 15 is 0 Å². The number of benzene rings is 7. The van der Waals surface area contributed by atoms with Gasteiger partial charge in [-0.15, -0.1) is 0 Å². The molecule has 0 radical (unpaired) electrons. The van der Waals surface area contributed by atoms with Gasteiger partial charge in [-0.25, -0.2) is 0 Å². The van der Waals surface area contributed by atoms with Gasteiger partial charge in [0, 0.05) is 22.5 Å². The van der Waals surface area contributed by atoms with Crippen molar-refractivity contribution in [3.8, 4) is 22.3 Å². The molecule has 7 aromatic rings. The zero-order valence-corrected chi connectivity index (χ0v) is 26.7. The first-order valence-electron chi connectivity index (χ1n) is 16.5. The molecule has 0 N–H and O–H groups in total. The van der Waals surface area contributed by atoms with E-state index in [2.05, 4.69) is 195 Å². The van der Waals surface area contributed by atoms with Crippen LogP contribution in [-0.4, -0.2) is 0 Å². The van der Waals surface area contributed by atoms with Gasteiger partial charge in [-0.3, -0.25) is 0 Å². The third kappa shape index (κ3) is 3.96. The van der Waals surface area contributed by atoms with Gasteiger partial charge in [0.1, 0.15) is 0 Å². The zero-order valence-electron chi connectivity index (χ0n) is 26.7. The van der Waals surface area contributed by atoms with Crippen molar-refractivity contribution in [2.45, 2.75) is 24.7 Å². The Morgan fingerprint density at radius 1 is 0.340 bits per heavy atom. The summed E-state index contributed by atoms with van der Waals surface area (Å²) in [5, 5.41) is 0. The van der Waals surface area contributed by atoms with Gasteiger partial charge in [0.05, 0.1) is 5.41 Å². The molecular formula is C46H35N. The fourth-order valence-corrected chi connectivity index (χ4v) is 8.44. The SMILES string of the molecule is CC1(C)c2ccccc2C2(c3ccccc3-c3ccccc32)c2cc(-c3ccc(N(c4ccccc4)c4ccccc4)cc3)ccc21. The molecule has 0 aliphatic heterocycles. The fourth-order valence-electron chi connectivity index (χ4n) is 8.44. The maximum atomic E-state index is 2.49. The van der Waals surface area contributed by atoms with Crippen molar-refractivity contribution >= 4 is 17.1 Å². The van der Waals surface area contributed by atoms with E-state index in [9.17, 15) is 0 Å². The molecule has 0 atom stereocenters. The molecule has 0 fully saturated rings. The molecule has 7 aromatic carbocycles. The maximum Gasteiger partial charge on any atom is 0.0719 e. The molecule has 224 valence electrons. The number of fused-ring (bicyclic) bond motifs is 9. The van der Waals surface area contributed by atoms with Gasteiger partial charge < -0.3 is 4.90 Å². The highest BCUT2D eigenvalue weighted by Gasteiger charge is 2.53. The topological polar surface area (TPSA) is 3.24 Å². The first-order chi connectivity index (χ1) is 23.1. The van der Waals surface area contributed by atoms with E-state index in [-0.39, 0.29) is 10.8 Å². The minimum atomic E-state index is -0.387. The van der Waals surface area contributed by atoms with Crippen molar-refractivity contribution in [3.05, 3.63) is 209 Å². The second kappa shape index (κ2) is 10.4. The third-order valence-electron chi connectivity index (χ3n) is 10.5. The number of hydrogen-bond donors (Lipinski definition) is 0. The monoisotopic (exact) mass is 601 g/mol. The average molecular weight is 602 g/mol. The molecule has 0 aromatic heterocycles. The molecule has 0 unspecified atom stereocenters. The standard InChI is InChI=1S/C46H35N/c1-45(2)41-23-13-14-24-43(41)46(39-21-11-9-19-37(39)38-20-10-12-22-40(38)46)44-31-33(27-30-42(44)45)32-25-28-36(29-26-32)47(34-15-5-3-6-16-34)35-17-7-4-8-18-35/h3-31H,1-2H3. The highest BCUT2D eigenvalue weighted by molar-refractivity contribution is 5.89. The molecule has 0 saturated heterocycles. The average Bonchev–Trinajstić information content (AvgIpc) is 3.43. The summed E-state index contributed by atoms with van der Waals surface area (Å²) in [6.07, 6.45) is 0. The van der Waals surface area contributed by atoms with E-state index in [4.69, 9.17) is 0 Å². The lowest BCUT2D eigenvalue weighted by Gasteiger charge is -2.46. The molecule has 9 rings (SSSR count). The van der Waals surface area contributed by atoms with E-state index < -0.39 is 0 Å². The summed E-state index contributed by atoms with van der Waals surface area (Å²) >= 11 is 0. The number of hydrogen-bond acceptors (Lipinski definition) is 1. The summed E-state index contributed by atoms with van der Waals surface area (Å²) in [6, 6.07) is 64.8. The van der Waals surface area contributed by atoms with Crippen LogP contribution in [0.25, 0.3) is 22.3 Å². The van der Waals surface area contributed by atoms with Gasteiger partial charge in [0.15, 0.2) is 0 Å². The van der Waals surface area contributed by atoms with Crippen LogP contribution < -0.4 is 4.90 Å². The predicted molar refractivity (Wildman–Crippen MR) is 196 cm³/mol. The van der Waals surface area contributed by atoms with Crippen LogP contribution in [0.4, 0.5) is 17.1 Å². The molecule has 1 nitrogen and oxygen atoms in total. The van der Waals surface area contributed by atoms with Gasteiger partial charge in [-0.2, -0.15) is 0 Å². The lowest BCUT2D eigenvalue weighted by Crippen LogP contribution is -2.40. The molecule has 1 heteroatoms. The van der Waals surface area contributed by atoms with Crippen LogP contribution in [0.5, 0.6) is 0 Å².